The molecular formula is C26H39F2N3O3. The van der Waals surface area contributed by atoms with Crippen molar-refractivity contribution in [1.82, 2.24) is 15.5 Å². The third-order valence-corrected chi connectivity index (χ3v) is 6.96. The molecule has 3 rings (SSSR count). The molecule has 0 aliphatic carbocycles. The van der Waals surface area contributed by atoms with Gasteiger partial charge in [0.05, 0.1) is 12.0 Å². The Morgan fingerprint density at radius 1 is 1.09 bits per heavy atom. The van der Waals surface area contributed by atoms with Crippen molar-refractivity contribution in [3.8, 4) is 0 Å². The molecule has 8 heteroatoms. The summed E-state index contributed by atoms with van der Waals surface area (Å²) in [6.45, 7) is 8.93. The highest BCUT2D eigenvalue weighted by Crippen LogP contribution is 2.38. The van der Waals surface area contributed by atoms with Gasteiger partial charge in [-0.2, -0.15) is 0 Å². The van der Waals surface area contributed by atoms with Crippen LogP contribution in [0.2, 0.25) is 0 Å². The fourth-order valence-corrected chi connectivity index (χ4v) is 4.95. The fourth-order valence-electron chi connectivity index (χ4n) is 4.95. The Labute approximate surface area is 201 Å². The van der Waals surface area contributed by atoms with Crippen molar-refractivity contribution in [3.05, 3.63) is 35.4 Å². The topological polar surface area (TPSA) is 70.7 Å². The van der Waals surface area contributed by atoms with E-state index < -0.39 is 23.1 Å². The van der Waals surface area contributed by atoms with Crippen LogP contribution in [0.3, 0.4) is 0 Å². The molecule has 190 valence electrons. The van der Waals surface area contributed by atoms with Crippen molar-refractivity contribution < 1.29 is 23.1 Å². The number of amides is 2. The maximum absolute atomic E-state index is 13.6. The van der Waals surface area contributed by atoms with Crippen LogP contribution in [0, 0.1) is 23.0 Å². The molecule has 2 heterocycles. The van der Waals surface area contributed by atoms with E-state index in [1.165, 1.54) is 6.07 Å². The molecule has 2 aliphatic heterocycles. The SMILES string of the molecule is CC(C)C[C@@H]1NC(=O)C2(CCCCOC[C@@H](C)NC1=O)CCN(Cc1ccc(F)c(F)c1)CC2. The lowest BCUT2D eigenvalue weighted by atomic mass is 9.73. The van der Waals surface area contributed by atoms with Crippen LogP contribution in [0.5, 0.6) is 0 Å². The lowest BCUT2D eigenvalue weighted by molar-refractivity contribution is -0.138. The quantitative estimate of drug-likeness (QED) is 0.690. The van der Waals surface area contributed by atoms with Crippen molar-refractivity contribution in [3.63, 3.8) is 0 Å². The van der Waals surface area contributed by atoms with Crippen LogP contribution in [0.15, 0.2) is 18.2 Å². The van der Waals surface area contributed by atoms with E-state index in [9.17, 15) is 18.4 Å². The van der Waals surface area contributed by atoms with Crippen molar-refractivity contribution >= 4 is 11.8 Å². The van der Waals surface area contributed by atoms with Crippen LogP contribution in [0.4, 0.5) is 8.78 Å². The van der Waals surface area contributed by atoms with E-state index in [0.29, 0.717) is 57.7 Å². The number of benzene rings is 1. The van der Waals surface area contributed by atoms with E-state index in [-0.39, 0.29) is 23.8 Å². The van der Waals surface area contributed by atoms with Gasteiger partial charge >= 0.3 is 0 Å². The Hall–Kier alpha value is -2.06. The number of ether oxygens (including phenoxy) is 1. The second kappa shape index (κ2) is 12.1. The maximum atomic E-state index is 13.6. The minimum atomic E-state index is -0.847. The predicted octanol–water partition coefficient (Wildman–Crippen LogP) is 3.78. The summed E-state index contributed by atoms with van der Waals surface area (Å²) in [5.74, 6) is -1.64. The number of hydrogen-bond donors (Lipinski definition) is 2. The lowest BCUT2D eigenvalue weighted by Gasteiger charge is -2.41. The fraction of sp³-hybridized carbons (Fsp3) is 0.692. The van der Waals surface area contributed by atoms with Gasteiger partial charge in [-0.15, -0.1) is 0 Å². The van der Waals surface area contributed by atoms with Crippen molar-refractivity contribution in [2.45, 2.75) is 77.9 Å². The summed E-state index contributed by atoms with van der Waals surface area (Å²) in [4.78, 5) is 28.7. The first-order valence-electron chi connectivity index (χ1n) is 12.5. The molecule has 2 fully saturated rings. The van der Waals surface area contributed by atoms with Gasteiger partial charge in [0.1, 0.15) is 6.04 Å². The predicted molar refractivity (Wildman–Crippen MR) is 127 cm³/mol. The Morgan fingerprint density at radius 2 is 1.82 bits per heavy atom. The molecule has 2 aliphatic rings. The van der Waals surface area contributed by atoms with E-state index in [2.05, 4.69) is 15.5 Å². The standard InChI is InChI=1S/C26H39F2N3O3/c1-18(2)14-23-24(32)29-19(3)17-34-13-5-4-8-26(25(33)30-23)9-11-31(12-10-26)16-20-6-7-21(27)22(28)15-20/h6-7,15,18-19,23H,4-5,8-14,16-17H2,1-3H3,(H,29,32)(H,30,33)/t19-,23+/m1/s1. The Kier molecular flexibility index (Phi) is 9.42. The summed E-state index contributed by atoms with van der Waals surface area (Å²) in [7, 11) is 0. The molecule has 0 saturated carbocycles. The summed E-state index contributed by atoms with van der Waals surface area (Å²) in [5, 5.41) is 6.08. The molecule has 2 amide bonds. The van der Waals surface area contributed by atoms with Gasteiger partial charge in [0.25, 0.3) is 0 Å². The smallest absolute Gasteiger partial charge is 0.242 e. The van der Waals surface area contributed by atoms with E-state index in [1.807, 2.05) is 20.8 Å². The van der Waals surface area contributed by atoms with E-state index in [0.717, 1.165) is 25.3 Å². The normalized spacial score (nSPS) is 25.2. The highest BCUT2D eigenvalue weighted by Gasteiger charge is 2.42. The molecule has 2 atom stereocenters. The number of piperidine rings is 1. The highest BCUT2D eigenvalue weighted by atomic mass is 19.2. The average Bonchev–Trinajstić information content (AvgIpc) is 2.79. The molecule has 34 heavy (non-hydrogen) atoms. The number of likely N-dealkylation sites (tertiary alicyclic amines) is 1. The van der Waals surface area contributed by atoms with Crippen molar-refractivity contribution in [2.75, 3.05) is 26.3 Å². The van der Waals surface area contributed by atoms with Gasteiger partial charge in [0.15, 0.2) is 11.6 Å². The Morgan fingerprint density at radius 3 is 2.50 bits per heavy atom. The largest absolute Gasteiger partial charge is 0.379 e. The van der Waals surface area contributed by atoms with Crippen molar-refractivity contribution in [1.29, 1.82) is 0 Å². The van der Waals surface area contributed by atoms with Gasteiger partial charge in [-0.3, -0.25) is 14.5 Å². The summed E-state index contributed by atoms with van der Waals surface area (Å²) >= 11 is 0. The number of rotatable bonds is 4. The molecule has 2 saturated heterocycles. The van der Waals surface area contributed by atoms with E-state index in [1.54, 1.807) is 6.07 Å². The van der Waals surface area contributed by atoms with Gasteiger partial charge in [0.2, 0.25) is 11.8 Å². The van der Waals surface area contributed by atoms with Gasteiger partial charge in [-0.05, 0) is 75.7 Å². The molecule has 0 bridgehead atoms. The van der Waals surface area contributed by atoms with Crippen LogP contribution in [0.25, 0.3) is 0 Å². The molecule has 1 aromatic rings. The highest BCUT2D eigenvalue weighted by molar-refractivity contribution is 5.90. The molecular weight excluding hydrogens is 440 g/mol. The number of carbonyl (C=O) groups excluding carboxylic acids is 2. The molecule has 6 nitrogen and oxygen atoms in total. The zero-order valence-electron chi connectivity index (χ0n) is 20.7. The third-order valence-electron chi connectivity index (χ3n) is 6.96. The van der Waals surface area contributed by atoms with Gasteiger partial charge in [-0.25, -0.2) is 8.78 Å². The average molecular weight is 480 g/mol. The van der Waals surface area contributed by atoms with Crippen LogP contribution >= 0.6 is 0 Å². The Balaban J connectivity index is 1.71. The zero-order chi connectivity index (χ0) is 24.7. The first-order chi connectivity index (χ1) is 16.2. The molecule has 0 unspecified atom stereocenters. The molecule has 2 N–H and O–H groups in total. The number of hydrogen-bond acceptors (Lipinski definition) is 4. The first kappa shape index (κ1) is 26.5. The minimum absolute atomic E-state index is 0.0476. The van der Waals surface area contributed by atoms with Gasteiger partial charge in [-0.1, -0.05) is 26.3 Å². The van der Waals surface area contributed by atoms with Crippen LogP contribution in [0.1, 0.15) is 64.9 Å². The van der Waals surface area contributed by atoms with Crippen LogP contribution in [-0.2, 0) is 20.9 Å². The van der Waals surface area contributed by atoms with Crippen LogP contribution < -0.4 is 10.6 Å². The number of nitrogens with one attached hydrogen (secondary N) is 2. The van der Waals surface area contributed by atoms with E-state index in [4.69, 9.17) is 4.74 Å². The monoisotopic (exact) mass is 479 g/mol. The van der Waals surface area contributed by atoms with Crippen molar-refractivity contribution in [2.24, 2.45) is 11.3 Å². The molecule has 0 radical (unpaired) electrons. The second-order valence-corrected chi connectivity index (χ2v) is 10.4. The molecule has 1 spiro atoms. The summed E-state index contributed by atoms with van der Waals surface area (Å²) < 4.78 is 32.6. The molecule has 0 aromatic heterocycles. The first-order valence-corrected chi connectivity index (χ1v) is 12.5. The summed E-state index contributed by atoms with van der Waals surface area (Å²) in [5.41, 5.74) is 0.175. The van der Waals surface area contributed by atoms with E-state index >= 15 is 0 Å². The zero-order valence-corrected chi connectivity index (χ0v) is 20.7. The number of halogens is 2. The maximum Gasteiger partial charge on any atom is 0.242 e. The molecule has 1 aromatic carbocycles. The minimum Gasteiger partial charge on any atom is -0.379 e. The van der Waals surface area contributed by atoms with Gasteiger partial charge < -0.3 is 15.4 Å². The number of nitrogens with zero attached hydrogens (tertiary/aromatic N) is 1. The number of carbonyl (C=O) groups is 2. The van der Waals surface area contributed by atoms with Gasteiger partial charge in [0, 0.05) is 19.2 Å². The third kappa shape index (κ3) is 7.22. The van der Waals surface area contributed by atoms with Crippen LogP contribution in [-0.4, -0.2) is 55.1 Å². The summed E-state index contributed by atoms with van der Waals surface area (Å²) in [6.07, 6.45) is 4.38. The second-order valence-electron chi connectivity index (χ2n) is 10.4. The Bertz CT molecular complexity index is 841. The lowest BCUT2D eigenvalue weighted by Crippen LogP contribution is -2.55. The summed E-state index contributed by atoms with van der Waals surface area (Å²) in [6, 6.07) is 3.30.